The quantitative estimate of drug-likeness (QED) is 0.771. The Hall–Kier alpha value is -3.15. The zero-order valence-electron chi connectivity index (χ0n) is 12.3. The SMILES string of the molecule is N#Cc1ncn(CC(=O)N2CCN(C(=O)c3ccco3)CC2)n1. The van der Waals surface area contributed by atoms with Crippen LogP contribution in [0, 0.1) is 11.3 Å². The first kappa shape index (κ1) is 14.8. The lowest BCUT2D eigenvalue weighted by atomic mass is 10.3. The summed E-state index contributed by atoms with van der Waals surface area (Å²) in [4.78, 5) is 31.4. The maximum Gasteiger partial charge on any atom is 0.289 e. The fourth-order valence-corrected chi connectivity index (χ4v) is 2.38. The molecule has 9 nitrogen and oxygen atoms in total. The Bertz CT molecular complexity index is 737. The van der Waals surface area contributed by atoms with Gasteiger partial charge in [-0.3, -0.25) is 9.59 Å². The van der Waals surface area contributed by atoms with E-state index in [1.807, 2.05) is 6.07 Å². The summed E-state index contributed by atoms with van der Waals surface area (Å²) in [6, 6.07) is 5.10. The van der Waals surface area contributed by atoms with Crippen LogP contribution in [-0.4, -0.2) is 62.6 Å². The largest absolute Gasteiger partial charge is 0.459 e. The van der Waals surface area contributed by atoms with Crippen molar-refractivity contribution in [2.75, 3.05) is 26.2 Å². The minimum absolute atomic E-state index is 0.0286. The molecule has 3 rings (SSSR count). The van der Waals surface area contributed by atoms with Crippen LogP contribution in [0.15, 0.2) is 29.1 Å². The van der Waals surface area contributed by atoms with Gasteiger partial charge in [-0.05, 0) is 12.1 Å². The fourth-order valence-electron chi connectivity index (χ4n) is 2.38. The molecule has 0 aliphatic carbocycles. The Morgan fingerprint density at radius 1 is 1.26 bits per heavy atom. The van der Waals surface area contributed by atoms with Crippen LogP contribution in [-0.2, 0) is 11.3 Å². The zero-order chi connectivity index (χ0) is 16.2. The molecule has 2 aromatic rings. The van der Waals surface area contributed by atoms with E-state index in [0.717, 1.165) is 0 Å². The molecule has 0 N–H and O–H groups in total. The molecule has 0 spiro atoms. The molecule has 118 valence electrons. The standard InChI is InChI=1S/C14H14N6O3/c15-8-12-16-10-20(17-12)9-13(21)18-3-5-19(6-4-18)14(22)11-2-1-7-23-11/h1-2,7,10H,3-6,9H2. The van der Waals surface area contributed by atoms with E-state index < -0.39 is 0 Å². The molecule has 0 unspecified atom stereocenters. The average Bonchev–Trinajstić information content (AvgIpc) is 3.26. The highest BCUT2D eigenvalue weighted by Crippen LogP contribution is 2.09. The van der Waals surface area contributed by atoms with Gasteiger partial charge < -0.3 is 14.2 Å². The molecule has 1 saturated heterocycles. The van der Waals surface area contributed by atoms with Crippen molar-refractivity contribution in [1.82, 2.24) is 24.6 Å². The number of carbonyl (C=O) groups is 2. The lowest BCUT2D eigenvalue weighted by Gasteiger charge is -2.34. The molecule has 0 bridgehead atoms. The van der Waals surface area contributed by atoms with Crippen molar-refractivity contribution in [2.24, 2.45) is 0 Å². The van der Waals surface area contributed by atoms with E-state index in [0.29, 0.717) is 31.9 Å². The second kappa shape index (κ2) is 6.31. The molecule has 9 heteroatoms. The molecule has 0 aromatic carbocycles. The van der Waals surface area contributed by atoms with E-state index in [1.165, 1.54) is 17.3 Å². The second-order valence-corrected chi connectivity index (χ2v) is 5.03. The number of furan rings is 1. The van der Waals surface area contributed by atoms with Gasteiger partial charge in [-0.25, -0.2) is 9.67 Å². The van der Waals surface area contributed by atoms with Gasteiger partial charge in [-0.2, -0.15) is 5.26 Å². The van der Waals surface area contributed by atoms with Crippen molar-refractivity contribution in [1.29, 1.82) is 5.26 Å². The highest BCUT2D eigenvalue weighted by atomic mass is 16.3. The Morgan fingerprint density at radius 2 is 2.00 bits per heavy atom. The number of hydrogen-bond acceptors (Lipinski definition) is 6. The number of amides is 2. The molecule has 0 radical (unpaired) electrons. The topological polar surface area (TPSA) is 108 Å². The third-order valence-corrected chi connectivity index (χ3v) is 3.59. The molecule has 23 heavy (non-hydrogen) atoms. The Morgan fingerprint density at radius 3 is 2.61 bits per heavy atom. The average molecular weight is 314 g/mol. The van der Waals surface area contributed by atoms with Crippen LogP contribution in [0.4, 0.5) is 0 Å². The molecule has 1 aliphatic rings. The van der Waals surface area contributed by atoms with Crippen LogP contribution >= 0.6 is 0 Å². The maximum atomic E-state index is 12.2. The van der Waals surface area contributed by atoms with Gasteiger partial charge in [0.1, 0.15) is 18.9 Å². The molecule has 0 atom stereocenters. The second-order valence-electron chi connectivity index (χ2n) is 5.03. The Kier molecular flexibility index (Phi) is 4.05. The van der Waals surface area contributed by atoms with Gasteiger partial charge in [-0.15, -0.1) is 5.10 Å². The molecule has 3 heterocycles. The van der Waals surface area contributed by atoms with E-state index in [4.69, 9.17) is 9.68 Å². The predicted octanol–water partition coefficient (Wildman–Crippen LogP) is -0.273. The van der Waals surface area contributed by atoms with Crippen LogP contribution in [0.25, 0.3) is 0 Å². The third kappa shape index (κ3) is 3.21. The van der Waals surface area contributed by atoms with Gasteiger partial charge in [0.25, 0.3) is 11.7 Å². The van der Waals surface area contributed by atoms with Gasteiger partial charge in [0.2, 0.25) is 5.91 Å². The first-order valence-corrected chi connectivity index (χ1v) is 7.07. The Labute approximate surface area is 131 Å². The highest BCUT2D eigenvalue weighted by molar-refractivity contribution is 5.91. The van der Waals surface area contributed by atoms with Crippen molar-refractivity contribution in [3.05, 3.63) is 36.3 Å². The summed E-state index contributed by atoms with van der Waals surface area (Å²) in [5, 5.41) is 12.5. The number of rotatable bonds is 3. The molecule has 2 aromatic heterocycles. The minimum atomic E-state index is -0.169. The van der Waals surface area contributed by atoms with Crippen LogP contribution in [0.5, 0.6) is 0 Å². The van der Waals surface area contributed by atoms with Crippen LogP contribution in [0.2, 0.25) is 0 Å². The maximum absolute atomic E-state index is 12.2. The highest BCUT2D eigenvalue weighted by Gasteiger charge is 2.26. The number of carbonyl (C=O) groups excluding carboxylic acids is 2. The summed E-state index contributed by atoms with van der Waals surface area (Å²) < 4.78 is 6.43. The van der Waals surface area contributed by atoms with Gasteiger partial charge >= 0.3 is 0 Å². The summed E-state index contributed by atoms with van der Waals surface area (Å²) in [6.45, 7) is 1.83. The van der Waals surface area contributed by atoms with E-state index in [-0.39, 0.29) is 24.2 Å². The van der Waals surface area contributed by atoms with Gasteiger partial charge in [-0.1, -0.05) is 0 Å². The van der Waals surface area contributed by atoms with E-state index in [1.54, 1.807) is 21.9 Å². The molecular formula is C14H14N6O3. The summed E-state index contributed by atoms with van der Waals surface area (Å²) >= 11 is 0. The van der Waals surface area contributed by atoms with Crippen molar-refractivity contribution in [2.45, 2.75) is 6.54 Å². The number of nitrogens with zero attached hydrogens (tertiary/aromatic N) is 6. The number of nitriles is 1. The number of hydrogen-bond donors (Lipinski definition) is 0. The zero-order valence-corrected chi connectivity index (χ0v) is 12.3. The van der Waals surface area contributed by atoms with Crippen molar-refractivity contribution >= 4 is 11.8 Å². The van der Waals surface area contributed by atoms with Crippen LogP contribution in [0.1, 0.15) is 16.4 Å². The summed E-state index contributed by atoms with van der Waals surface area (Å²) in [5.41, 5.74) is 0. The van der Waals surface area contributed by atoms with E-state index >= 15 is 0 Å². The van der Waals surface area contributed by atoms with Gasteiger partial charge in [0, 0.05) is 26.2 Å². The van der Waals surface area contributed by atoms with Crippen molar-refractivity contribution < 1.29 is 14.0 Å². The third-order valence-electron chi connectivity index (χ3n) is 3.59. The normalized spacial score (nSPS) is 14.6. The van der Waals surface area contributed by atoms with Crippen LogP contribution in [0.3, 0.4) is 0 Å². The molecule has 0 saturated carbocycles. The van der Waals surface area contributed by atoms with Crippen LogP contribution < -0.4 is 0 Å². The Balaban J connectivity index is 1.53. The molecule has 2 amide bonds. The first-order valence-electron chi connectivity index (χ1n) is 7.07. The van der Waals surface area contributed by atoms with Crippen molar-refractivity contribution in [3.63, 3.8) is 0 Å². The lowest BCUT2D eigenvalue weighted by molar-refractivity contribution is -0.133. The summed E-state index contributed by atoms with van der Waals surface area (Å²) in [6.07, 6.45) is 2.81. The number of aromatic nitrogens is 3. The fraction of sp³-hybridized carbons (Fsp3) is 0.357. The van der Waals surface area contributed by atoms with Gasteiger partial charge in [0.15, 0.2) is 5.76 Å². The molecule has 1 fully saturated rings. The predicted molar refractivity (Wildman–Crippen MR) is 75.9 cm³/mol. The number of piperazine rings is 1. The molecule has 1 aliphatic heterocycles. The van der Waals surface area contributed by atoms with E-state index in [9.17, 15) is 9.59 Å². The van der Waals surface area contributed by atoms with Crippen molar-refractivity contribution in [3.8, 4) is 6.07 Å². The lowest BCUT2D eigenvalue weighted by Crippen LogP contribution is -2.51. The monoisotopic (exact) mass is 314 g/mol. The minimum Gasteiger partial charge on any atom is -0.459 e. The van der Waals surface area contributed by atoms with Gasteiger partial charge in [0.05, 0.1) is 6.26 Å². The first-order chi connectivity index (χ1) is 11.2. The molecular weight excluding hydrogens is 300 g/mol. The summed E-state index contributed by atoms with van der Waals surface area (Å²) in [7, 11) is 0. The summed E-state index contributed by atoms with van der Waals surface area (Å²) in [5.74, 6) is 0.0459. The smallest absolute Gasteiger partial charge is 0.289 e. The van der Waals surface area contributed by atoms with E-state index in [2.05, 4.69) is 10.1 Å².